The maximum atomic E-state index is 12.1. The van der Waals surface area contributed by atoms with Crippen molar-refractivity contribution in [3.63, 3.8) is 0 Å². The molecule has 0 spiro atoms. The lowest BCUT2D eigenvalue weighted by Crippen LogP contribution is -2.43. The largest absolute Gasteiger partial charge is 0.481 e. The van der Waals surface area contributed by atoms with Gasteiger partial charge in [-0.1, -0.05) is 19.3 Å². The summed E-state index contributed by atoms with van der Waals surface area (Å²) in [7, 11) is 0. The molecule has 5 aliphatic carbocycles. The minimum atomic E-state index is -0.721. The molecule has 11 rings (SSSR count). The van der Waals surface area contributed by atoms with Gasteiger partial charge in [-0.05, 0) is 320 Å². The monoisotopic (exact) mass is 1640 g/mol. The number of aldehydes is 1. The minimum Gasteiger partial charge on any atom is -0.481 e. The zero-order valence-corrected chi connectivity index (χ0v) is 61.9. The van der Waals surface area contributed by atoms with Crippen LogP contribution in [0.1, 0.15) is 178 Å². The highest BCUT2D eigenvalue weighted by Crippen LogP contribution is 2.48. The fourth-order valence-corrected chi connectivity index (χ4v) is 12.3. The topological polar surface area (TPSA) is 252 Å². The normalized spacial score (nSPS) is 16.8. The van der Waals surface area contributed by atoms with Gasteiger partial charge in [-0.3, -0.25) is 9.59 Å². The standard InChI is InChI=1S/C15H20BrNO2.C10H9BrN2.C10H10BrNO2.C10H10BrNO.C9H11BrN2.C7H5BrN2.C4H10O.CH2Cl2/c1-14(2,3)19-13(18)10-15(6-4-7-15)11-5-8-17-12(16)9-11;11-9-6-8(2-5-13-9)10(7-12)3-1-4-10;11-8-6-7(2-5-12-8)10(9(13)14)3-1-4-10;11-9-6-8(2-5-12-9)10(7-13)3-1-4-10;10-8-6-7(2-5-12-8)9(11)3-1-4-9;8-7-5-6(1-3-9)2-4-10-7;1-4(2,3)5;2-1-3/h5,8-9H,4,6-7,10H2,1-3H3;2,5-6H,1,3-4H2;2,5-6H,1,3-4H2,(H,13,14);2,5-7H,1,3-4H2;2,5-6H,1,3-4,11H2;2,4-5H,1H2;5H,1-3H3;1H2. The van der Waals surface area contributed by atoms with Crippen molar-refractivity contribution in [2.75, 3.05) is 5.34 Å². The van der Waals surface area contributed by atoms with E-state index in [1.807, 2.05) is 81.4 Å². The van der Waals surface area contributed by atoms with Crippen LogP contribution >= 0.6 is 119 Å². The molecule has 0 radical (unpaired) electrons. The predicted molar refractivity (Wildman–Crippen MR) is 371 cm³/mol. The summed E-state index contributed by atoms with van der Waals surface area (Å²) in [5, 5.41) is 35.3. The number of aromatic nitrogens is 6. The first kappa shape index (κ1) is 77.3. The maximum absolute atomic E-state index is 12.1. The van der Waals surface area contributed by atoms with Gasteiger partial charge >= 0.3 is 11.9 Å². The van der Waals surface area contributed by atoms with Crippen LogP contribution in [0.15, 0.2) is 138 Å². The number of hydrogen-bond acceptors (Lipinski definition) is 14. The Labute approximate surface area is 584 Å². The second-order valence-corrected chi connectivity index (χ2v) is 29.9. The number of nitrogens with two attached hydrogens (primary N) is 1. The Morgan fingerprint density at radius 3 is 1.29 bits per heavy atom. The number of pyridine rings is 6. The molecule has 6 aromatic heterocycles. The summed E-state index contributed by atoms with van der Waals surface area (Å²) in [5.74, 6) is -0.831. The second kappa shape index (κ2) is 36.4. The van der Waals surface area contributed by atoms with Crippen LogP contribution in [-0.4, -0.2) is 74.9 Å². The molecule has 89 heavy (non-hydrogen) atoms. The van der Waals surface area contributed by atoms with Gasteiger partial charge in [0.2, 0.25) is 0 Å². The van der Waals surface area contributed by atoms with Gasteiger partial charge in [0.15, 0.2) is 0 Å². The number of alkyl halides is 2. The molecule has 0 unspecified atom stereocenters. The highest BCUT2D eigenvalue weighted by atomic mass is 79.9. The van der Waals surface area contributed by atoms with Crippen molar-refractivity contribution in [1.29, 1.82) is 10.5 Å². The lowest BCUT2D eigenvalue weighted by atomic mass is 9.63. The van der Waals surface area contributed by atoms with E-state index in [0.29, 0.717) is 17.4 Å². The maximum Gasteiger partial charge on any atom is 0.314 e. The third-order valence-electron chi connectivity index (χ3n) is 15.5. The highest BCUT2D eigenvalue weighted by molar-refractivity contribution is 9.11. The van der Waals surface area contributed by atoms with Gasteiger partial charge in [-0.15, -0.1) is 23.2 Å². The zero-order valence-electron chi connectivity index (χ0n) is 50.9. The van der Waals surface area contributed by atoms with Gasteiger partial charge in [0.25, 0.3) is 0 Å². The first-order chi connectivity index (χ1) is 41.9. The molecule has 15 nitrogen and oxygen atoms in total. The summed E-state index contributed by atoms with van der Waals surface area (Å²) >= 11 is 29.4. The van der Waals surface area contributed by atoms with Crippen LogP contribution < -0.4 is 5.73 Å². The van der Waals surface area contributed by atoms with Gasteiger partial charge in [0.05, 0.1) is 52.2 Å². The number of rotatable bonds is 10. The minimum absolute atomic E-state index is 0.0478. The van der Waals surface area contributed by atoms with E-state index in [4.69, 9.17) is 49.3 Å². The van der Waals surface area contributed by atoms with Crippen LogP contribution in [0.3, 0.4) is 0 Å². The van der Waals surface area contributed by atoms with Crippen molar-refractivity contribution in [3.8, 4) is 12.1 Å². The summed E-state index contributed by atoms with van der Waals surface area (Å²) in [6.07, 6.45) is 27.8. The molecular weight excluding hydrogens is 1570 g/mol. The SMILES string of the molecule is CC(C)(C)O.CC(C)(C)OC(=O)CC1(c2ccnc(Br)c2)CCC1.ClCCl.N#CC1(c2ccnc(Br)c2)CCC1.N#CCc1ccnc(Br)c1.NC1(c2ccnc(Br)c2)CCC1.O=C(O)C1(c2ccnc(Br)c2)CCC1.O=CC1(c2ccnc(Br)c2)CCC1. The van der Waals surface area contributed by atoms with Crippen LogP contribution in [0.5, 0.6) is 0 Å². The highest BCUT2D eigenvalue weighted by Gasteiger charge is 2.46. The Morgan fingerprint density at radius 1 is 0.584 bits per heavy atom. The zero-order chi connectivity index (χ0) is 66.1. The van der Waals surface area contributed by atoms with E-state index in [1.165, 1.54) is 24.0 Å². The second-order valence-electron chi connectivity index (χ2n) is 24.3. The van der Waals surface area contributed by atoms with Crippen molar-refractivity contribution >= 4 is 137 Å². The number of aliphatic carboxylic acids is 1. The van der Waals surface area contributed by atoms with E-state index >= 15 is 0 Å². The number of halogens is 8. The van der Waals surface area contributed by atoms with E-state index in [2.05, 4.69) is 138 Å². The number of ether oxygens (including phenoxy) is 1. The summed E-state index contributed by atoms with van der Waals surface area (Å²) < 4.78 is 10.2. The number of carbonyl (C=O) groups is 3. The third kappa shape index (κ3) is 24.7. The lowest BCUT2D eigenvalue weighted by Gasteiger charge is -2.42. The molecule has 0 bridgehead atoms. The van der Waals surface area contributed by atoms with Gasteiger partial charge in [-0.25, -0.2) is 29.9 Å². The first-order valence-electron chi connectivity index (χ1n) is 29.0. The molecular formula is C66H77Br6Cl2N9O6. The van der Waals surface area contributed by atoms with Crippen LogP contribution in [0.4, 0.5) is 0 Å². The quantitative estimate of drug-likeness (QED) is 0.0499. The molecule has 23 heteroatoms. The number of nitrogens with zero attached hydrogens (tertiary/aromatic N) is 8. The Balaban J connectivity index is 0.000000225. The smallest absolute Gasteiger partial charge is 0.314 e. The Hall–Kier alpha value is -4.13. The average Bonchev–Trinajstić information content (AvgIpc) is 0.894. The number of carboxylic acid groups (broad SMARTS) is 1. The van der Waals surface area contributed by atoms with E-state index < -0.39 is 22.6 Å². The molecule has 6 heterocycles. The first-order valence-corrected chi connectivity index (χ1v) is 34.8. The molecule has 0 amide bonds. The Morgan fingerprint density at radius 2 is 0.955 bits per heavy atom. The third-order valence-corrected chi connectivity index (χ3v) is 18.1. The molecule has 5 aliphatic rings. The van der Waals surface area contributed by atoms with Crippen molar-refractivity contribution in [3.05, 3.63) is 171 Å². The molecule has 478 valence electrons. The average molecular weight is 1640 g/mol. The fraction of sp³-hybridized carbons (Fsp3) is 0.470. The fourth-order valence-electron chi connectivity index (χ4n) is 10.1. The number of carbonyl (C=O) groups excluding carboxylic acids is 2. The van der Waals surface area contributed by atoms with Gasteiger partial charge in [0, 0.05) is 48.1 Å². The molecule has 5 fully saturated rings. The van der Waals surface area contributed by atoms with Gasteiger partial charge in [-0.2, -0.15) is 10.5 Å². The van der Waals surface area contributed by atoms with Gasteiger partial charge < -0.3 is 25.5 Å². The summed E-state index contributed by atoms with van der Waals surface area (Å²) in [5.41, 5.74) is 10.5. The summed E-state index contributed by atoms with van der Waals surface area (Å²) in [6, 6.07) is 27.5. The van der Waals surface area contributed by atoms with Crippen molar-refractivity contribution in [1.82, 2.24) is 29.9 Å². The lowest BCUT2D eigenvalue weighted by molar-refractivity contribution is -0.157. The van der Waals surface area contributed by atoms with Crippen LogP contribution in [-0.2, 0) is 52.7 Å². The van der Waals surface area contributed by atoms with E-state index in [1.54, 1.807) is 70.1 Å². The van der Waals surface area contributed by atoms with E-state index in [-0.39, 0.29) is 33.1 Å². The van der Waals surface area contributed by atoms with Crippen LogP contribution in [0.2, 0.25) is 0 Å². The molecule has 0 saturated heterocycles. The number of hydrogen-bond donors (Lipinski definition) is 3. The molecule has 4 N–H and O–H groups in total. The number of esters is 1. The Bertz CT molecular complexity index is 3330. The van der Waals surface area contributed by atoms with Crippen molar-refractivity contribution in [2.45, 2.75) is 189 Å². The van der Waals surface area contributed by atoms with Gasteiger partial charge in [0.1, 0.15) is 39.5 Å². The number of aliphatic hydroxyl groups is 1. The number of nitriles is 2. The predicted octanol–water partition coefficient (Wildman–Crippen LogP) is 17.9. The van der Waals surface area contributed by atoms with E-state index in [9.17, 15) is 19.5 Å². The Kier molecular flexibility index (Phi) is 31.6. The van der Waals surface area contributed by atoms with Crippen LogP contribution in [0, 0.1) is 22.7 Å². The molecule has 0 aromatic carbocycles. The molecule has 0 atom stereocenters. The molecule has 0 aliphatic heterocycles. The van der Waals surface area contributed by atoms with Crippen molar-refractivity contribution < 1.29 is 29.3 Å². The summed E-state index contributed by atoms with van der Waals surface area (Å²) in [4.78, 5) is 58.5. The molecule has 6 aromatic rings. The molecule has 5 saturated carbocycles. The van der Waals surface area contributed by atoms with E-state index in [0.717, 1.165) is 135 Å². The van der Waals surface area contributed by atoms with Crippen molar-refractivity contribution in [2.24, 2.45) is 5.73 Å². The summed E-state index contributed by atoms with van der Waals surface area (Å²) in [6.45, 7) is 10.9. The van der Waals surface area contributed by atoms with Crippen LogP contribution in [0.25, 0.3) is 0 Å². The number of carboxylic acids is 1.